The van der Waals surface area contributed by atoms with Crippen molar-refractivity contribution in [2.45, 2.75) is 19.9 Å². The summed E-state index contributed by atoms with van der Waals surface area (Å²) in [6, 6.07) is 5.37. The number of hydrogen-bond donors (Lipinski definition) is 1. The van der Waals surface area contributed by atoms with E-state index in [1.54, 1.807) is 25.3 Å². The number of carbonyl (C=O) groups excluding carboxylic acids is 1. The van der Waals surface area contributed by atoms with Gasteiger partial charge in [0.2, 0.25) is 5.91 Å². The van der Waals surface area contributed by atoms with E-state index in [1.807, 2.05) is 6.92 Å². The van der Waals surface area contributed by atoms with Gasteiger partial charge in [-0.25, -0.2) is 0 Å². The lowest BCUT2D eigenvalue weighted by Crippen LogP contribution is -2.27. The molecule has 1 aromatic carbocycles. The zero-order valence-electron chi connectivity index (χ0n) is 10.7. The normalized spacial score (nSPS) is 10.2. The van der Waals surface area contributed by atoms with Gasteiger partial charge in [0, 0.05) is 23.7 Å². The Labute approximate surface area is 112 Å². The Morgan fingerprint density at radius 2 is 2.22 bits per heavy atom. The van der Waals surface area contributed by atoms with Crippen LogP contribution in [0.15, 0.2) is 18.2 Å². The number of amides is 1. The summed E-state index contributed by atoms with van der Waals surface area (Å²) in [6.45, 7) is 2.98. The second-order valence-corrected chi connectivity index (χ2v) is 4.16. The molecule has 100 valence electrons. The van der Waals surface area contributed by atoms with Crippen LogP contribution in [0.25, 0.3) is 0 Å². The van der Waals surface area contributed by atoms with Crippen molar-refractivity contribution in [3.63, 3.8) is 0 Å². The van der Waals surface area contributed by atoms with Crippen molar-refractivity contribution in [3.05, 3.63) is 28.8 Å². The summed E-state index contributed by atoms with van der Waals surface area (Å²) in [7, 11) is 1.57. The molecule has 0 aliphatic heterocycles. The predicted molar refractivity (Wildman–Crippen MR) is 71.0 cm³/mol. The first kappa shape index (κ1) is 14.8. The molecular weight excluding hydrogens is 254 g/mol. The van der Waals surface area contributed by atoms with Crippen LogP contribution in [-0.4, -0.2) is 26.2 Å². The maximum atomic E-state index is 11.5. The van der Waals surface area contributed by atoms with Crippen molar-refractivity contribution in [2.75, 3.05) is 20.3 Å². The van der Waals surface area contributed by atoms with Gasteiger partial charge in [-0.15, -0.1) is 0 Å². The summed E-state index contributed by atoms with van der Waals surface area (Å²) in [6.07, 6.45) is 0.894. The van der Waals surface area contributed by atoms with Gasteiger partial charge in [-0.2, -0.15) is 0 Å². The highest BCUT2D eigenvalue weighted by Crippen LogP contribution is 2.25. The van der Waals surface area contributed by atoms with E-state index in [0.717, 1.165) is 12.0 Å². The molecule has 0 atom stereocenters. The third-order valence-electron chi connectivity index (χ3n) is 2.34. The summed E-state index contributed by atoms with van der Waals surface area (Å²) in [5.41, 5.74) is 0.769. The van der Waals surface area contributed by atoms with E-state index < -0.39 is 0 Å². The molecule has 1 rings (SSSR count). The molecule has 5 heteroatoms. The number of benzene rings is 1. The van der Waals surface area contributed by atoms with Crippen LogP contribution < -0.4 is 10.1 Å². The lowest BCUT2D eigenvalue weighted by molar-refractivity contribution is -0.125. The molecule has 0 aliphatic rings. The van der Waals surface area contributed by atoms with E-state index >= 15 is 0 Å². The minimum atomic E-state index is -0.162. The maximum Gasteiger partial charge on any atom is 0.246 e. The third-order valence-corrected chi connectivity index (χ3v) is 2.69. The Bertz CT molecular complexity index is 396. The fourth-order valence-electron chi connectivity index (χ4n) is 1.45. The van der Waals surface area contributed by atoms with Crippen molar-refractivity contribution in [3.8, 4) is 5.75 Å². The average molecular weight is 272 g/mol. The SMILES string of the molecule is CCCOCC(=O)NCc1c(Cl)cccc1OC. The molecule has 0 saturated carbocycles. The van der Waals surface area contributed by atoms with Crippen LogP contribution in [0.1, 0.15) is 18.9 Å². The summed E-state index contributed by atoms with van der Waals surface area (Å²) < 4.78 is 10.3. The zero-order valence-corrected chi connectivity index (χ0v) is 11.4. The average Bonchev–Trinajstić information content (AvgIpc) is 2.37. The van der Waals surface area contributed by atoms with Gasteiger partial charge < -0.3 is 14.8 Å². The minimum absolute atomic E-state index is 0.0700. The molecule has 0 aliphatic carbocycles. The number of methoxy groups -OCH3 is 1. The smallest absolute Gasteiger partial charge is 0.246 e. The number of hydrogen-bond acceptors (Lipinski definition) is 3. The molecular formula is C13H18ClNO3. The van der Waals surface area contributed by atoms with Gasteiger partial charge >= 0.3 is 0 Å². The first-order valence-corrected chi connectivity index (χ1v) is 6.22. The lowest BCUT2D eigenvalue weighted by atomic mass is 10.2. The molecule has 0 fully saturated rings. The highest BCUT2D eigenvalue weighted by molar-refractivity contribution is 6.31. The molecule has 1 amide bonds. The van der Waals surface area contributed by atoms with Crippen molar-refractivity contribution in [1.82, 2.24) is 5.32 Å². The van der Waals surface area contributed by atoms with E-state index in [4.69, 9.17) is 21.1 Å². The van der Waals surface area contributed by atoms with Crippen molar-refractivity contribution >= 4 is 17.5 Å². The molecule has 0 bridgehead atoms. The minimum Gasteiger partial charge on any atom is -0.496 e. The second-order valence-electron chi connectivity index (χ2n) is 3.75. The van der Waals surface area contributed by atoms with Gasteiger partial charge in [0.05, 0.1) is 7.11 Å². The van der Waals surface area contributed by atoms with Gasteiger partial charge in [-0.1, -0.05) is 24.6 Å². The number of halogens is 1. The van der Waals surface area contributed by atoms with E-state index in [-0.39, 0.29) is 12.5 Å². The topological polar surface area (TPSA) is 47.6 Å². The van der Waals surface area contributed by atoms with Crippen LogP contribution in [0.5, 0.6) is 5.75 Å². The molecule has 1 aromatic rings. The van der Waals surface area contributed by atoms with Gasteiger partial charge in [-0.05, 0) is 18.6 Å². The lowest BCUT2D eigenvalue weighted by Gasteiger charge is -2.11. The quantitative estimate of drug-likeness (QED) is 0.775. The van der Waals surface area contributed by atoms with E-state index in [2.05, 4.69) is 5.32 Å². The first-order valence-electron chi connectivity index (χ1n) is 5.84. The number of rotatable bonds is 7. The zero-order chi connectivity index (χ0) is 13.4. The van der Waals surface area contributed by atoms with Gasteiger partial charge in [0.1, 0.15) is 12.4 Å². The van der Waals surface area contributed by atoms with Crippen molar-refractivity contribution < 1.29 is 14.3 Å². The number of nitrogens with one attached hydrogen (secondary N) is 1. The largest absolute Gasteiger partial charge is 0.496 e. The van der Waals surface area contributed by atoms with Gasteiger partial charge in [-0.3, -0.25) is 4.79 Å². The Kier molecular flexibility index (Phi) is 6.54. The molecule has 0 spiro atoms. The van der Waals surface area contributed by atoms with Crippen LogP contribution in [0.4, 0.5) is 0 Å². The highest BCUT2D eigenvalue weighted by Gasteiger charge is 2.09. The number of ether oxygens (including phenoxy) is 2. The van der Waals surface area contributed by atoms with E-state index in [9.17, 15) is 4.79 Å². The summed E-state index contributed by atoms with van der Waals surface area (Å²) in [4.78, 5) is 11.5. The molecule has 0 aromatic heterocycles. The summed E-state index contributed by atoms with van der Waals surface area (Å²) >= 11 is 6.06. The molecule has 0 saturated heterocycles. The Morgan fingerprint density at radius 1 is 1.44 bits per heavy atom. The number of carbonyl (C=O) groups is 1. The molecule has 0 unspecified atom stereocenters. The van der Waals surface area contributed by atoms with Gasteiger partial charge in [0.25, 0.3) is 0 Å². The molecule has 18 heavy (non-hydrogen) atoms. The fraction of sp³-hybridized carbons (Fsp3) is 0.462. The third kappa shape index (κ3) is 4.55. The standard InChI is InChI=1S/C13H18ClNO3/c1-3-7-18-9-13(16)15-8-10-11(14)5-4-6-12(10)17-2/h4-6H,3,7-9H2,1-2H3,(H,15,16). The fourth-order valence-corrected chi connectivity index (χ4v) is 1.68. The summed E-state index contributed by atoms with van der Waals surface area (Å²) in [5.74, 6) is 0.502. The van der Waals surface area contributed by atoms with Crippen molar-refractivity contribution in [2.24, 2.45) is 0 Å². The van der Waals surface area contributed by atoms with Crippen LogP contribution in [-0.2, 0) is 16.1 Å². The van der Waals surface area contributed by atoms with Gasteiger partial charge in [0.15, 0.2) is 0 Å². The molecule has 0 heterocycles. The summed E-state index contributed by atoms with van der Waals surface area (Å²) in [5, 5.41) is 3.32. The van der Waals surface area contributed by atoms with E-state index in [0.29, 0.717) is 23.9 Å². The molecule has 1 N–H and O–H groups in total. The Morgan fingerprint density at radius 3 is 2.89 bits per heavy atom. The predicted octanol–water partition coefficient (Wildman–Crippen LogP) is 2.39. The maximum absolute atomic E-state index is 11.5. The van der Waals surface area contributed by atoms with Crippen LogP contribution in [0.3, 0.4) is 0 Å². The van der Waals surface area contributed by atoms with Crippen LogP contribution in [0.2, 0.25) is 5.02 Å². The monoisotopic (exact) mass is 271 g/mol. The Hall–Kier alpha value is -1.26. The molecule has 4 nitrogen and oxygen atoms in total. The van der Waals surface area contributed by atoms with E-state index in [1.165, 1.54) is 0 Å². The second kappa shape index (κ2) is 7.95. The Balaban J connectivity index is 2.50. The van der Waals surface area contributed by atoms with Crippen molar-refractivity contribution in [1.29, 1.82) is 0 Å². The highest BCUT2D eigenvalue weighted by atomic mass is 35.5. The first-order chi connectivity index (χ1) is 8.69. The van der Waals surface area contributed by atoms with Crippen LogP contribution >= 0.6 is 11.6 Å². The molecule has 0 radical (unpaired) electrons. The van der Waals surface area contributed by atoms with Crippen LogP contribution in [0, 0.1) is 0 Å².